The molecule has 0 unspecified atom stereocenters. The normalized spacial score (nSPS) is 19.3. The minimum Gasteiger partial charge on any atom is -0.481 e. The number of nitrogens with one attached hydrogen (secondary N) is 1. The molecule has 0 radical (unpaired) electrons. The maximum Gasteiger partial charge on any atom is 0.311 e. The monoisotopic (exact) mass is 225 g/mol. The first kappa shape index (κ1) is 9.98. The molecular formula is C10H8ClNO3. The van der Waals surface area contributed by atoms with Crippen LogP contribution in [0.5, 0.6) is 0 Å². The molecule has 15 heavy (non-hydrogen) atoms. The molecule has 0 bridgehead atoms. The number of rotatable bonds is 1. The lowest BCUT2D eigenvalue weighted by atomic mass is 9.91. The van der Waals surface area contributed by atoms with E-state index in [1.165, 1.54) is 0 Å². The van der Waals surface area contributed by atoms with Crippen molar-refractivity contribution in [2.45, 2.75) is 12.3 Å². The number of anilines is 1. The van der Waals surface area contributed by atoms with Gasteiger partial charge in [0.05, 0.1) is 16.6 Å². The molecule has 1 heterocycles. The third-order valence-corrected chi connectivity index (χ3v) is 2.69. The first-order valence-electron chi connectivity index (χ1n) is 4.40. The quantitative estimate of drug-likeness (QED) is 0.767. The largest absolute Gasteiger partial charge is 0.481 e. The number of benzene rings is 1. The van der Waals surface area contributed by atoms with E-state index in [-0.39, 0.29) is 12.3 Å². The van der Waals surface area contributed by atoms with Crippen molar-refractivity contribution >= 4 is 29.2 Å². The second-order valence-corrected chi connectivity index (χ2v) is 3.75. The Morgan fingerprint density at radius 2 is 2.27 bits per heavy atom. The SMILES string of the molecule is O=C1C[C@H](C(=O)O)c2cccc(Cl)c2N1. The van der Waals surface area contributed by atoms with Crippen LogP contribution in [0.3, 0.4) is 0 Å². The Labute approximate surface area is 90.9 Å². The summed E-state index contributed by atoms with van der Waals surface area (Å²) in [5.74, 6) is -2.12. The smallest absolute Gasteiger partial charge is 0.311 e. The molecule has 0 fully saturated rings. The van der Waals surface area contributed by atoms with E-state index < -0.39 is 11.9 Å². The molecule has 78 valence electrons. The number of amides is 1. The van der Waals surface area contributed by atoms with Crippen molar-refractivity contribution in [3.63, 3.8) is 0 Å². The summed E-state index contributed by atoms with van der Waals surface area (Å²) in [6.45, 7) is 0. The van der Waals surface area contributed by atoms with Gasteiger partial charge < -0.3 is 10.4 Å². The van der Waals surface area contributed by atoms with Gasteiger partial charge in [0, 0.05) is 6.42 Å². The highest BCUT2D eigenvalue weighted by Gasteiger charge is 2.31. The maximum atomic E-state index is 11.3. The Morgan fingerprint density at radius 1 is 1.53 bits per heavy atom. The lowest BCUT2D eigenvalue weighted by Gasteiger charge is -2.23. The molecular weight excluding hydrogens is 218 g/mol. The van der Waals surface area contributed by atoms with Crippen LogP contribution in [0.25, 0.3) is 0 Å². The topological polar surface area (TPSA) is 66.4 Å². The molecule has 1 aliphatic heterocycles. The zero-order valence-corrected chi connectivity index (χ0v) is 8.41. The zero-order chi connectivity index (χ0) is 11.0. The molecule has 2 N–H and O–H groups in total. The Kier molecular flexibility index (Phi) is 2.36. The fraction of sp³-hybridized carbons (Fsp3) is 0.200. The second-order valence-electron chi connectivity index (χ2n) is 3.35. The van der Waals surface area contributed by atoms with Crippen molar-refractivity contribution in [1.82, 2.24) is 0 Å². The van der Waals surface area contributed by atoms with E-state index in [9.17, 15) is 9.59 Å². The molecule has 1 aliphatic rings. The van der Waals surface area contributed by atoms with Crippen molar-refractivity contribution in [3.05, 3.63) is 28.8 Å². The Balaban J connectivity index is 2.55. The number of halogens is 1. The van der Waals surface area contributed by atoms with Crippen LogP contribution in [0, 0.1) is 0 Å². The molecule has 1 aromatic rings. The highest BCUT2D eigenvalue weighted by atomic mass is 35.5. The first-order valence-corrected chi connectivity index (χ1v) is 4.78. The number of fused-ring (bicyclic) bond motifs is 1. The molecule has 0 aliphatic carbocycles. The van der Waals surface area contributed by atoms with Gasteiger partial charge in [-0.15, -0.1) is 0 Å². The highest BCUT2D eigenvalue weighted by molar-refractivity contribution is 6.34. The van der Waals surface area contributed by atoms with Crippen molar-refractivity contribution in [1.29, 1.82) is 0 Å². The van der Waals surface area contributed by atoms with Gasteiger partial charge >= 0.3 is 5.97 Å². The van der Waals surface area contributed by atoms with Gasteiger partial charge in [0.15, 0.2) is 0 Å². The van der Waals surface area contributed by atoms with Crippen molar-refractivity contribution in [2.75, 3.05) is 5.32 Å². The van der Waals surface area contributed by atoms with E-state index in [4.69, 9.17) is 16.7 Å². The second kappa shape index (κ2) is 3.55. The number of carboxylic acid groups (broad SMARTS) is 1. The standard InChI is InChI=1S/C10H8ClNO3/c11-7-3-1-2-5-6(10(14)15)4-8(13)12-9(5)7/h1-3,6H,4H2,(H,12,13)(H,14,15)/t6-/m0/s1. The summed E-state index contributed by atoms with van der Waals surface area (Å²) in [5.41, 5.74) is 0.984. The minimum atomic E-state index is -1.01. The lowest BCUT2D eigenvalue weighted by Crippen LogP contribution is -2.27. The Morgan fingerprint density at radius 3 is 2.93 bits per heavy atom. The van der Waals surface area contributed by atoms with E-state index in [1.807, 2.05) is 0 Å². The van der Waals surface area contributed by atoms with Crippen molar-refractivity contribution < 1.29 is 14.7 Å². The summed E-state index contributed by atoms with van der Waals surface area (Å²) < 4.78 is 0. The van der Waals surface area contributed by atoms with Crippen LogP contribution in [-0.4, -0.2) is 17.0 Å². The van der Waals surface area contributed by atoms with Crippen LogP contribution in [0.1, 0.15) is 17.9 Å². The number of carbonyl (C=O) groups is 2. The van der Waals surface area contributed by atoms with E-state index >= 15 is 0 Å². The molecule has 0 saturated carbocycles. The number of hydrogen-bond donors (Lipinski definition) is 2. The molecule has 4 nitrogen and oxygen atoms in total. The van der Waals surface area contributed by atoms with Gasteiger partial charge in [-0.1, -0.05) is 23.7 Å². The van der Waals surface area contributed by atoms with Gasteiger partial charge in [-0.2, -0.15) is 0 Å². The highest BCUT2D eigenvalue weighted by Crippen LogP contribution is 2.36. The molecule has 5 heteroatoms. The Hall–Kier alpha value is -1.55. The van der Waals surface area contributed by atoms with Gasteiger partial charge in [-0.05, 0) is 11.6 Å². The van der Waals surface area contributed by atoms with Gasteiger partial charge in [-0.3, -0.25) is 9.59 Å². The van der Waals surface area contributed by atoms with Crippen LogP contribution < -0.4 is 5.32 Å². The van der Waals surface area contributed by atoms with E-state index in [1.54, 1.807) is 18.2 Å². The third-order valence-electron chi connectivity index (χ3n) is 2.37. The van der Waals surface area contributed by atoms with Crippen LogP contribution in [0.15, 0.2) is 18.2 Å². The molecule has 0 saturated heterocycles. The average Bonchev–Trinajstić information content (AvgIpc) is 2.18. The third kappa shape index (κ3) is 1.68. The summed E-state index contributed by atoms with van der Waals surface area (Å²) in [7, 11) is 0. The predicted octanol–water partition coefficient (Wildman–Crippen LogP) is 1.85. The van der Waals surface area contributed by atoms with Crippen LogP contribution >= 0.6 is 11.6 Å². The molecule has 2 rings (SSSR count). The summed E-state index contributed by atoms with van der Waals surface area (Å²) in [4.78, 5) is 22.2. The van der Waals surface area contributed by atoms with Crippen molar-refractivity contribution in [3.8, 4) is 0 Å². The van der Waals surface area contributed by atoms with Gasteiger partial charge in [-0.25, -0.2) is 0 Å². The van der Waals surface area contributed by atoms with Gasteiger partial charge in [0.1, 0.15) is 0 Å². The summed E-state index contributed by atoms with van der Waals surface area (Å²) >= 11 is 5.87. The number of aliphatic carboxylic acids is 1. The number of carbonyl (C=O) groups excluding carboxylic acids is 1. The van der Waals surface area contributed by atoms with E-state index in [2.05, 4.69) is 5.32 Å². The van der Waals surface area contributed by atoms with E-state index in [0.29, 0.717) is 16.3 Å². The number of hydrogen-bond acceptors (Lipinski definition) is 2. The summed E-state index contributed by atoms with van der Waals surface area (Å²) in [6.07, 6.45) is -0.0390. The lowest BCUT2D eigenvalue weighted by molar-refractivity contribution is -0.140. The van der Waals surface area contributed by atoms with E-state index in [0.717, 1.165) is 0 Å². The fourth-order valence-corrected chi connectivity index (χ4v) is 1.90. The van der Waals surface area contributed by atoms with Crippen LogP contribution in [0.4, 0.5) is 5.69 Å². The molecule has 1 atom stereocenters. The summed E-state index contributed by atoms with van der Waals surface area (Å²) in [6, 6.07) is 4.96. The average molecular weight is 226 g/mol. The van der Waals surface area contributed by atoms with Crippen LogP contribution in [-0.2, 0) is 9.59 Å². The molecule has 0 spiro atoms. The molecule has 1 aromatic carbocycles. The van der Waals surface area contributed by atoms with Gasteiger partial charge in [0.25, 0.3) is 0 Å². The maximum absolute atomic E-state index is 11.3. The number of carboxylic acids is 1. The fourth-order valence-electron chi connectivity index (χ4n) is 1.67. The Bertz CT molecular complexity index is 444. The predicted molar refractivity (Wildman–Crippen MR) is 55.1 cm³/mol. The van der Waals surface area contributed by atoms with Gasteiger partial charge in [0.2, 0.25) is 5.91 Å². The first-order chi connectivity index (χ1) is 7.09. The molecule has 0 aromatic heterocycles. The van der Waals surface area contributed by atoms with Crippen molar-refractivity contribution in [2.24, 2.45) is 0 Å². The summed E-state index contributed by atoms with van der Waals surface area (Å²) in [5, 5.41) is 11.9. The zero-order valence-electron chi connectivity index (χ0n) is 7.66. The number of para-hydroxylation sites is 1. The molecule has 1 amide bonds. The van der Waals surface area contributed by atoms with Crippen LogP contribution in [0.2, 0.25) is 5.02 Å². The minimum absolute atomic E-state index is 0.0390.